The van der Waals surface area contributed by atoms with Crippen LogP contribution < -0.4 is 10.7 Å². The molecular formula is C34H14F8N6. The first-order valence-corrected chi connectivity index (χ1v) is 13.9. The predicted molar refractivity (Wildman–Crippen MR) is 158 cm³/mol. The Morgan fingerprint density at radius 1 is 0.688 bits per heavy atom. The summed E-state index contributed by atoms with van der Waals surface area (Å²) in [5, 5.41) is 20.7. The zero-order valence-electron chi connectivity index (χ0n) is 23.8. The highest BCUT2D eigenvalue weighted by molar-refractivity contribution is 6.15. The summed E-state index contributed by atoms with van der Waals surface area (Å²) in [5.41, 5.74) is -1.04. The van der Waals surface area contributed by atoms with Crippen LogP contribution in [0.2, 0.25) is 0 Å². The summed E-state index contributed by atoms with van der Waals surface area (Å²) in [6, 6.07) is 11.2. The zero-order valence-corrected chi connectivity index (χ0v) is 23.8. The number of nitrogens with zero attached hydrogens (tertiary/aromatic N) is 6. The van der Waals surface area contributed by atoms with E-state index in [1.54, 1.807) is 18.5 Å². The third-order valence-corrected chi connectivity index (χ3v) is 8.24. The standard InChI is InChI=1S/C34H14F8N6/c35-25-11-17(33(37,38)39)3-7-19(25)15-1-5-21-23(9-15)27(45-13-43)31-29(21)47-32-28(46-14-44)24-10-16(2-6-22(24)30(32)48-31)20-8-4-18(12-26(20)36)34(40,41)42/h1-12,19,25H. The van der Waals surface area contributed by atoms with Crippen LogP contribution in [0, 0.1) is 28.7 Å². The van der Waals surface area contributed by atoms with Gasteiger partial charge in [-0.3, -0.25) is 0 Å². The third-order valence-electron chi connectivity index (χ3n) is 8.24. The number of alkyl halides is 7. The molecule has 1 aliphatic rings. The van der Waals surface area contributed by atoms with Crippen molar-refractivity contribution in [3.05, 3.63) is 106 Å². The van der Waals surface area contributed by atoms with E-state index < -0.39 is 41.4 Å². The summed E-state index contributed by atoms with van der Waals surface area (Å²) < 4.78 is 108. The normalized spacial score (nSPS) is 17.8. The molecule has 1 aliphatic carbocycles. The van der Waals surface area contributed by atoms with Gasteiger partial charge in [0.2, 0.25) is 12.4 Å². The van der Waals surface area contributed by atoms with Gasteiger partial charge in [0.25, 0.3) is 0 Å². The number of benzene rings is 3. The van der Waals surface area contributed by atoms with Gasteiger partial charge in [-0.25, -0.2) is 18.7 Å². The van der Waals surface area contributed by atoms with E-state index in [4.69, 9.17) is 9.97 Å². The van der Waals surface area contributed by atoms with Crippen LogP contribution in [0.4, 0.5) is 35.1 Å². The highest BCUT2D eigenvalue weighted by atomic mass is 19.4. The highest BCUT2D eigenvalue weighted by Crippen LogP contribution is 2.38. The third kappa shape index (κ3) is 4.84. The van der Waals surface area contributed by atoms with Crippen LogP contribution in [-0.2, 0) is 6.18 Å². The van der Waals surface area contributed by atoms with Crippen LogP contribution in [0.1, 0.15) is 17.0 Å². The van der Waals surface area contributed by atoms with E-state index in [2.05, 4.69) is 9.98 Å². The van der Waals surface area contributed by atoms with Gasteiger partial charge in [0.1, 0.15) is 33.7 Å². The SMILES string of the molecule is N#CN=c1c2cc(-c3ccc(C(F)(F)F)cc3F)ccc2c2nc3c(=NC#N)c4cc(C5C=CC(C(F)(F)F)=CC5F)ccc4c3nc12. The molecule has 6 aromatic rings. The molecule has 1 aromatic heterocycles. The molecule has 0 saturated carbocycles. The van der Waals surface area contributed by atoms with Gasteiger partial charge in [0.15, 0.2) is 0 Å². The first kappa shape index (κ1) is 30.6. The summed E-state index contributed by atoms with van der Waals surface area (Å²) in [4.78, 5) is 17.3. The molecule has 0 fully saturated rings. The van der Waals surface area contributed by atoms with Gasteiger partial charge >= 0.3 is 12.4 Å². The fourth-order valence-electron chi connectivity index (χ4n) is 6.06. The van der Waals surface area contributed by atoms with Crippen molar-refractivity contribution in [2.45, 2.75) is 24.4 Å². The molecular weight excluding hydrogens is 644 g/mol. The molecule has 6 nitrogen and oxygen atoms in total. The molecule has 0 amide bonds. The lowest BCUT2D eigenvalue weighted by Gasteiger charge is -2.22. The maximum Gasteiger partial charge on any atom is 0.416 e. The van der Waals surface area contributed by atoms with Crippen molar-refractivity contribution >= 4 is 43.6 Å². The van der Waals surface area contributed by atoms with Gasteiger partial charge in [0.05, 0.1) is 22.2 Å². The first-order valence-electron chi connectivity index (χ1n) is 13.9. The van der Waals surface area contributed by atoms with Crippen LogP contribution in [-0.4, -0.2) is 22.3 Å². The minimum atomic E-state index is -4.74. The van der Waals surface area contributed by atoms with Gasteiger partial charge in [-0.1, -0.05) is 42.5 Å². The van der Waals surface area contributed by atoms with Crippen molar-refractivity contribution < 1.29 is 35.1 Å². The van der Waals surface area contributed by atoms with Gasteiger partial charge in [-0.05, 0) is 41.5 Å². The molecule has 0 saturated heterocycles. The van der Waals surface area contributed by atoms with E-state index in [1.807, 2.05) is 0 Å². The predicted octanol–water partition coefficient (Wildman–Crippen LogP) is 8.03. The second-order valence-electron chi connectivity index (χ2n) is 10.9. The molecule has 1 heterocycles. The lowest BCUT2D eigenvalue weighted by molar-refractivity contribution is -0.137. The summed E-state index contributed by atoms with van der Waals surface area (Å²) in [6.07, 6.45) is -5.58. The maximum absolute atomic E-state index is 15.0. The molecule has 2 atom stereocenters. The lowest BCUT2D eigenvalue weighted by Crippen LogP contribution is -2.19. The van der Waals surface area contributed by atoms with Crippen molar-refractivity contribution in [2.24, 2.45) is 9.98 Å². The van der Waals surface area contributed by atoms with Crippen molar-refractivity contribution in [1.82, 2.24) is 9.97 Å². The Morgan fingerprint density at radius 2 is 1.29 bits per heavy atom. The van der Waals surface area contributed by atoms with E-state index in [0.717, 1.165) is 24.3 Å². The number of allylic oxidation sites excluding steroid dienone is 4. The number of halogens is 8. The summed E-state index contributed by atoms with van der Waals surface area (Å²) in [6.45, 7) is 0. The van der Waals surface area contributed by atoms with Crippen LogP contribution in [0.3, 0.4) is 0 Å². The molecule has 0 spiro atoms. The van der Waals surface area contributed by atoms with Gasteiger partial charge in [-0.2, -0.15) is 46.9 Å². The molecule has 14 heteroatoms. The highest BCUT2D eigenvalue weighted by Gasteiger charge is 2.36. The minimum absolute atomic E-state index is 0.0654. The van der Waals surface area contributed by atoms with Crippen molar-refractivity contribution in [3.8, 4) is 23.5 Å². The quantitative estimate of drug-likeness (QED) is 0.139. The Balaban J connectivity index is 1.43. The van der Waals surface area contributed by atoms with E-state index >= 15 is 0 Å². The first-order chi connectivity index (χ1) is 22.8. The van der Waals surface area contributed by atoms with Gasteiger partial charge < -0.3 is 0 Å². The number of hydrogen-bond acceptors (Lipinski definition) is 6. The van der Waals surface area contributed by atoms with E-state index in [0.29, 0.717) is 39.3 Å². The smallest absolute Gasteiger partial charge is 0.242 e. The average Bonchev–Trinajstić information content (AvgIpc) is 3.50. The summed E-state index contributed by atoms with van der Waals surface area (Å²) >= 11 is 0. The number of fused-ring (bicyclic) bond motifs is 6. The number of nitriles is 2. The topological polar surface area (TPSA) is 98.1 Å². The van der Waals surface area contributed by atoms with Crippen molar-refractivity contribution in [3.63, 3.8) is 0 Å². The Bertz CT molecular complexity index is 2610. The van der Waals surface area contributed by atoms with Crippen LogP contribution in [0.5, 0.6) is 0 Å². The molecule has 0 aliphatic heterocycles. The molecule has 0 radical (unpaired) electrons. The van der Waals surface area contributed by atoms with Crippen molar-refractivity contribution in [2.75, 3.05) is 0 Å². The second-order valence-corrected chi connectivity index (χ2v) is 10.9. The van der Waals surface area contributed by atoms with E-state index in [1.165, 1.54) is 30.3 Å². The minimum Gasteiger partial charge on any atom is -0.242 e. The molecule has 5 aromatic carbocycles. The Labute approximate surface area is 263 Å². The van der Waals surface area contributed by atoms with Gasteiger partial charge in [-0.15, -0.1) is 0 Å². The molecule has 0 bridgehead atoms. The molecule has 7 rings (SSSR count). The zero-order chi connectivity index (χ0) is 34.1. The largest absolute Gasteiger partial charge is 0.416 e. The maximum atomic E-state index is 15.0. The van der Waals surface area contributed by atoms with Crippen LogP contribution in [0.15, 0.2) is 88.4 Å². The Kier molecular flexibility index (Phi) is 6.87. The fraction of sp³-hybridized carbons (Fsp3) is 0.118. The number of aromatic nitrogens is 2. The molecule has 236 valence electrons. The van der Waals surface area contributed by atoms with Crippen LogP contribution in [0.25, 0.3) is 54.7 Å². The molecule has 48 heavy (non-hydrogen) atoms. The summed E-state index contributed by atoms with van der Waals surface area (Å²) in [7, 11) is 0. The number of rotatable bonds is 2. The van der Waals surface area contributed by atoms with Gasteiger partial charge in [0, 0.05) is 33.0 Å². The monoisotopic (exact) mass is 658 g/mol. The summed E-state index contributed by atoms with van der Waals surface area (Å²) in [5.74, 6) is -2.16. The van der Waals surface area contributed by atoms with Crippen LogP contribution >= 0.6 is 0 Å². The lowest BCUT2D eigenvalue weighted by atomic mass is 9.88. The molecule has 2 unspecified atom stereocenters. The Hall–Kier alpha value is -6.02. The van der Waals surface area contributed by atoms with Crippen molar-refractivity contribution in [1.29, 1.82) is 10.5 Å². The fourth-order valence-corrected chi connectivity index (χ4v) is 6.06. The average molecular weight is 659 g/mol. The van der Waals surface area contributed by atoms with E-state index in [-0.39, 0.29) is 43.9 Å². The second kappa shape index (κ2) is 10.8. The van der Waals surface area contributed by atoms with E-state index in [9.17, 15) is 45.6 Å². The Morgan fingerprint density at radius 3 is 1.83 bits per heavy atom. The molecule has 0 N–H and O–H groups in total. The number of hydrogen-bond donors (Lipinski definition) is 0.